The molecule has 31 heavy (non-hydrogen) atoms. The molecule has 2 heterocycles. The first-order chi connectivity index (χ1) is 14.8. The molecule has 0 atom stereocenters. The minimum atomic E-state index is -0.299. The standard InChI is InChI=1S/C23H27FN6O/c1-23(2,3)18-6-4-17(5-7-18)22(31)29-14-12-28(13-15-29)16-21-25-26-27-30(21)20-10-8-19(24)9-11-20/h4-11H,12-16H2,1-3H3. The number of aromatic nitrogens is 4. The van der Waals surface area contributed by atoms with Crippen molar-refractivity contribution in [1.29, 1.82) is 0 Å². The zero-order valence-electron chi connectivity index (χ0n) is 18.1. The van der Waals surface area contributed by atoms with E-state index in [2.05, 4.69) is 41.2 Å². The molecular weight excluding hydrogens is 395 g/mol. The van der Waals surface area contributed by atoms with E-state index in [-0.39, 0.29) is 17.1 Å². The van der Waals surface area contributed by atoms with Crippen LogP contribution in [0.2, 0.25) is 0 Å². The molecule has 1 fully saturated rings. The third-order valence-corrected chi connectivity index (χ3v) is 5.63. The highest BCUT2D eigenvalue weighted by atomic mass is 19.1. The van der Waals surface area contributed by atoms with E-state index in [0.717, 1.165) is 18.7 Å². The fraction of sp³-hybridized carbons (Fsp3) is 0.391. The van der Waals surface area contributed by atoms with Crippen molar-refractivity contribution in [3.05, 3.63) is 71.3 Å². The van der Waals surface area contributed by atoms with Gasteiger partial charge in [-0.15, -0.1) is 5.10 Å². The molecule has 0 bridgehead atoms. The second kappa shape index (κ2) is 8.55. The SMILES string of the molecule is CC(C)(C)c1ccc(C(=O)N2CCN(Cc3nnnn3-c3ccc(F)cc3)CC2)cc1. The Morgan fingerprint density at radius 3 is 2.23 bits per heavy atom. The maximum Gasteiger partial charge on any atom is 0.253 e. The van der Waals surface area contributed by atoms with Crippen LogP contribution in [0, 0.1) is 5.82 Å². The van der Waals surface area contributed by atoms with Crippen molar-refractivity contribution in [3.63, 3.8) is 0 Å². The number of benzene rings is 2. The average Bonchev–Trinajstić information content (AvgIpc) is 3.22. The zero-order valence-corrected chi connectivity index (χ0v) is 18.1. The number of amides is 1. The van der Waals surface area contributed by atoms with Crippen LogP contribution in [0.15, 0.2) is 48.5 Å². The number of rotatable bonds is 4. The van der Waals surface area contributed by atoms with Crippen LogP contribution in [-0.2, 0) is 12.0 Å². The molecule has 0 spiro atoms. The molecule has 4 rings (SSSR count). The van der Waals surface area contributed by atoms with E-state index in [9.17, 15) is 9.18 Å². The molecule has 0 saturated carbocycles. The second-order valence-corrected chi connectivity index (χ2v) is 8.88. The predicted octanol–water partition coefficient (Wildman–Crippen LogP) is 3.06. The largest absolute Gasteiger partial charge is 0.336 e. The Balaban J connectivity index is 1.36. The van der Waals surface area contributed by atoms with Gasteiger partial charge < -0.3 is 4.90 Å². The smallest absolute Gasteiger partial charge is 0.253 e. The van der Waals surface area contributed by atoms with Crippen molar-refractivity contribution in [2.24, 2.45) is 0 Å². The van der Waals surface area contributed by atoms with Gasteiger partial charge in [-0.2, -0.15) is 4.68 Å². The maximum atomic E-state index is 13.2. The van der Waals surface area contributed by atoms with Crippen molar-refractivity contribution < 1.29 is 9.18 Å². The van der Waals surface area contributed by atoms with Crippen molar-refractivity contribution in [3.8, 4) is 5.69 Å². The lowest BCUT2D eigenvalue weighted by Gasteiger charge is -2.34. The Labute approximate surface area is 181 Å². The van der Waals surface area contributed by atoms with Crippen molar-refractivity contribution in [2.45, 2.75) is 32.7 Å². The molecule has 7 nitrogen and oxygen atoms in total. The molecule has 0 N–H and O–H groups in total. The van der Waals surface area contributed by atoms with Crippen LogP contribution in [0.5, 0.6) is 0 Å². The molecule has 0 radical (unpaired) electrons. The molecule has 1 aliphatic rings. The molecule has 1 saturated heterocycles. The molecule has 3 aromatic rings. The quantitative estimate of drug-likeness (QED) is 0.647. The van der Waals surface area contributed by atoms with Gasteiger partial charge in [-0.3, -0.25) is 9.69 Å². The van der Waals surface area contributed by atoms with Gasteiger partial charge in [0.2, 0.25) is 0 Å². The van der Waals surface area contributed by atoms with Crippen LogP contribution in [-0.4, -0.2) is 62.1 Å². The fourth-order valence-electron chi connectivity index (χ4n) is 3.69. The number of carbonyl (C=O) groups excluding carboxylic acids is 1. The van der Waals surface area contributed by atoms with Crippen LogP contribution in [0.4, 0.5) is 4.39 Å². The number of hydrogen-bond donors (Lipinski definition) is 0. The minimum Gasteiger partial charge on any atom is -0.336 e. The molecular formula is C23H27FN6O. The Kier molecular flexibility index (Phi) is 5.82. The highest BCUT2D eigenvalue weighted by molar-refractivity contribution is 5.94. The van der Waals surface area contributed by atoms with E-state index >= 15 is 0 Å². The predicted molar refractivity (Wildman–Crippen MR) is 115 cm³/mol. The number of carbonyl (C=O) groups is 1. The molecule has 2 aromatic carbocycles. The lowest BCUT2D eigenvalue weighted by Crippen LogP contribution is -2.48. The lowest BCUT2D eigenvalue weighted by atomic mass is 9.86. The summed E-state index contributed by atoms with van der Waals surface area (Å²) in [6, 6.07) is 14.0. The lowest BCUT2D eigenvalue weighted by molar-refractivity contribution is 0.0624. The van der Waals surface area contributed by atoms with Gasteiger partial charge in [-0.05, 0) is 57.8 Å². The van der Waals surface area contributed by atoms with Gasteiger partial charge in [0.15, 0.2) is 5.82 Å². The number of tetrazole rings is 1. The molecule has 162 valence electrons. The summed E-state index contributed by atoms with van der Waals surface area (Å²) < 4.78 is 14.8. The summed E-state index contributed by atoms with van der Waals surface area (Å²) in [7, 11) is 0. The van der Waals surface area contributed by atoms with E-state index in [1.54, 1.807) is 16.8 Å². The Bertz CT molecular complexity index is 1030. The molecule has 0 unspecified atom stereocenters. The second-order valence-electron chi connectivity index (χ2n) is 8.88. The number of nitrogens with zero attached hydrogens (tertiary/aromatic N) is 6. The van der Waals surface area contributed by atoms with E-state index in [1.165, 1.54) is 17.7 Å². The average molecular weight is 423 g/mol. The van der Waals surface area contributed by atoms with Gasteiger partial charge in [-0.1, -0.05) is 32.9 Å². The minimum absolute atomic E-state index is 0.0660. The summed E-state index contributed by atoms with van der Waals surface area (Å²) in [4.78, 5) is 17.0. The van der Waals surface area contributed by atoms with Crippen LogP contribution in [0.3, 0.4) is 0 Å². The Hall–Kier alpha value is -3.13. The summed E-state index contributed by atoms with van der Waals surface area (Å²) >= 11 is 0. The number of piperazine rings is 1. The summed E-state index contributed by atoms with van der Waals surface area (Å²) in [6.07, 6.45) is 0. The number of halogens is 1. The van der Waals surface area contributed by atoms with E-state index in [1.807, 2.05) is 29.2 Å². The van der Waals surface area contributed by atoms with Gasteiger partial charge in [0.05, 0.1) is 12.2 Å². The number of hydrogen-bond acceptors (Lipinski definition) is 5. The summed E-state index contributed by atoms with van der Waals surface area (Å²) in [5.41, 5.74) is 2.72. The molecule has 1 aliphatic heterocycles. The first-order valence-electron chi connectivity index (χ1n) is 10.5. The normalized spacial score (nSPS) is 15.3. The monoisotopic (exact) mass is 422 g/mol. The first kappa shape index (κ1) is 21.1. The summed E-state index contributed by atoms with van der Waals surface area (Å²) in [5, 5.41) is 11.9. The van der Waals surface area contributed by atoms with Gasteiger partial charge in [0, 0.05) is 31.7 Å². The third kappa shape index (κ3) is 4.80. The first-order valence-corrected chi connectivity index (χ1v) is 10.5. The van der Waals surface area contributed by atoms with Gasteiger partial charge in [-0.25, -0.2) is 4.39 Å². The van der Waals surface area contributed by atoms with Crippen LogP contribution in [0.25, 0.3) is 5.69 Å². The van der Waals surface area contributed by atoms with Crippen LogP contribution < -0.4 is 0 Å². The Morgan fingerprint density at radius 1 is 0.968 bits per heavy atom. The molecule has 8 heteroatoms. The zero-order chi connectivity index (χ0) is 22.0. The molecule has 0 aliphatic carbocycles. The summed E-state index contributed by atoms with van der Waals surface area (Å²) in [6.45, 7) is 9.83. The fourth-order valence-corrected chi connectivity index (χ4v) is 3.69. The van der Waals surface area contributed by atoms with Crippen LogP contribution >= 0.6 is 0 Å². The molecule has 1 aromatic heterocycles. The highest BCUT2D eigenvalue weighted by Crippen LogP contribution is 2.23. The van der Waals surface area contributed by atoms with Crippen LogP contribution in [0.1, 0.15) is 42.5 Å². The van der Waals surface area contributed by atoms with Gasteiger partial charge in [0.1, 0.15) is 5.82 Å². The highest BCUT2D eigenvalue weighted by Gasteiger charge is 2.24. The van der Waals surface area contributed by atoms with E-state index in [4.69, 9.17) is 0 Å². The van der Waals surface area contributed by atoms with Gasteiger partial charge in [0.25, 0.3) is 5.91 Å². The Morgan fingerprint density at radius 2 is 1.61 bits per heavy atom. The topological polar surface area (TPSA) is 67.2 Å². The van der Waals surface area contributed by atoms with E-state index in [0.29, 0.717) is 31.1 Å². The van der Waals surface area contributed by atoms with Crippen molar-refractivity contribution in [2.75, 3.05) is 26.2 Å². The molecule has 1 amide bonds. The van der Waals surface area contributed by atoms with E-state index < -0.39 is 0 Å². The van der Waals surface area contributed by atoms with Crippen molar-refractivity contribution >= 4 is 5.91 Å². The summed E-state index contributed by atoms with van der Waals surface area (Å²) in [5.74, 6) is 0.451. The van der Waals surface area contributed by atoms with Gasteiger partial charge >= 0.3 is 0 Å². The maximum absolute atomic E-state index is 13.2. The van der Waals surface area contributed by atoms with Crippen molar-refractivity contribution in [1.82, 2.24) is 30.0 Å². The third-order valence-electron chi connectivity index (χ3n) is 5.63.